The lowest BCUT2D eigenvalue weighted by Gasteiger charge is -2.20. The highest BCUT2D eigenvalue weighted by atomic mass is 19.4. The van der Waals surface area contributed by atoms with Gasteiger partial charge in [0.05, 0.1) is 25.2 Å². The van der Waals surface area contributed by atoms with Crippen molar-refractivity contribution in [2.24, 2.45) is 11.6 Å². The van der Waals surface area contributed by atoms with Gasteiger partial charge in [-0.2, -0.15) is 13.2 Å². The van der Waals surface area contributed by atoms with Crippen molar-refractivity contribution in [3.05, 3.63) is 46.8 Å². The van der Waals surface area contributed by atoms with E-state index >= 15 is 0 Å². The second-order valence-corrected chi connectivity index (χ2v) is 6.35. The number of carbonyl (C=O) groups excluding carboxylic acids is 1. The lowest BCUT2D eigenvalue weighted by atomic mass is 9.88. The number of aliphatic hydroxyl groups is 1. The summed E-state index contributed by atoms with van der Waals surface area (Å²) in [5, 5.41) is 10.8. The Bertz CT molecular complexity index is 678. The van der Waals surface area contributed by atoms with Crippen molar-refractivity contribution < 1.29 is 27.8 Å². The molecular formula is C19H28F3N3O3. The van der Waals surface area contributed by atoms with Crippen LogP contribution in [0.2, 0.25) is 0 Å². The first-order chi connectivity index (χ1) is 13.1. The van der Waals surface area contributed by atoms with E-state index in [1.165, 1.54) is 17.1 Å². The van der Waals surface area contributed by atoms with Crippen molar-refractivity contribution in [1.82, 2.24) is 5.01 Å². The lowest BCUT2D eigenvalue weighted by molar-refractivity contribution is -0.143. The predicted molar refractivity (Wildman–Crippen MR) is 99.4 cm³/mol. The van der Waals surface area contributed by atoms with Gasteiger partial charge in [0.1, 0.15) is 0 Å². The van der Waals surface area contributed by atoms with Gasteiger partial charge >= 0.3 is 12.1 Å². The van der Waals surface area contributed by atoms with E-state index < -0.39 is 30.2 Å². The minimum atomic E-state index is -4.56. The number of benzene rings is 1. The van der Waals surface area contributed by atoms with Gasteiger partial charge in [0.25, 0.3) is 0 Å². The van der Waals surface area contributed by atoms with E-state index in [2.05, 4.69) is 0 Å². The molecular weight excluding hydrogens is 375 g/mol. The molecule has 1 aromatic carbocycles. The molecule has 1 unspecified atom stereocenters. The topological polar surface area (TPSA) is 102 Å². The minimum Gasteiger partial charge on any atom is -0.466 e. The van der Waals surface area contributed by atoms with E-state index in [0.717, 1.165) is 6.07 Å². The number of aliphatic hydroxyl groups excluding tert-OH is 1. The van der Waals surface area contributed by atoms with Crippen molar-refractivity contribution in [1.29, 1.82) is 0 Å². The zero-order valence-electron chi connectivity index (χ0n) is 16.1. The molecule has 0 aliphatic carbocycles. The van der Waals surface area contributed by atoms with Gasteiger partial charge in [-0.15, -0.1) is 0 Å². The van der Waals surface area contributed by atoms with Crippen LogP contribution in [-0.2, 0) is 22.3 Å². The first-order valence-corrected chi connectivity index (χ1v) is 9.06. The number of halogens is 3. The summed E-state index contributed by atoms with van der Waals surface area (Å²) in [6, 6.07) is 3.54. The molecule has 0 heterocycles. The number of nitrogens with zero attached hydrogens (tertiary/aromatic N) is 1. The van der Waals surface area contributed by atoms with Gasteiger partial charge in [0.2, 0.25) is 0 Å². The molecule has 1 rings (SSSR count). The zero-order valence-corrected chi connectivity index (χ0v) is 16.1. The molecule has 1 aromatic rings. The molecule has 0 radical (unpaired) electrons. The number of hydrazine groups is 1. The largest absolute Gasteiger partial charge is 0.466 e. The summed E-state index contributed by atoms with van der Waals surface area (Å²) in [4.78, 5) is 12.0. The van der Waals surface area contributed by atoms with E-state index in [1.807, 2.05) is 6.92 Å². The van der Waals surface area contributed by atoms with Crippen molar-refractivity contribution in [3.8, 4) is 0 Å². The smallest absolute Gasteiger partial charge is 0.416 e. The molecule has 0 bridgehead atoms. The van der Waals surface area contributed by atoms with Crippen LogP contribution in [0.1, 0.15) is 55.7 Å². The molecule has 158 valence electrons. The Morgan fingerprint density at radius 2 is 2.04 bits per heavy atom. The molecule has 0 amide bonds. The number of hydrogen-bond donors (Lipinski definition) is 3. The van der Waals surface area contributed by atoms with E-state index in [9.17, 15) is 23.1 Å². The van der Waals surface area contributed by atoms with Crippen LogP contribution >= 0.6 is 0 Å². The molecule has 9 heteroatoms. The predicted octanol–water partition coefficient (Wildman–Crippen LogP) is 3.01. The van der Waals surface area contributed by atoms with E-state index in [0.29, 0.717) is 30.6 Å². The maximum atomic E-state index is 13.1. The zero-order chi connectivity index (χ0) is 21.3. The molecule has 6 nitrogen and oxygen atoms in total. The highest BCUT2D eigenvalue weighted by Gasteiger charge is 2.33. The standard InChI is InChI=1S/C19H28F3N3O3/c1-3-25(24)11-16(23)7-5-14(10-18(27)28-4-2)13-6-8-17(19(20,21)22)15(9-13)12-26/h6,8-9,11,14,26H,3-5,7,10,12,23-24H2,1-2H3/b16-11-. The number of allylic oxidation sites excluding steroid dienone is 1. The Morgan fingerprint density at radius 3 is 2.57 bits per heavy atom. The number of ether oxygens (including phenoxy) is 1. The summed E-state index contributed by atoms with van der Waals surface area (Å²) in [7, 11) is 0. The molecule has 0 aliphatic rings. The van der Waals surface area contributed by atoms with Crippen LogP contribution in [0.5, 0.6) is 0 Å². The van der Waals surface area contributed by atoms with Gasteiger partial charge in [-0.05, 0) is 49.8 Å². The quantitative estimate of drug-likeness (QED) is 0.315. The lowest BCUT2D eigenvalue weighted by Crippen LogP contribution is -2.26. The Hall–Kier alpha value is -2.26. The van der Waals surface area contributed by atoms with Gasteiger partial charge < -0.3 is 20.6 Å². The number of carbonyl (C=O) groups is 1. The van der Waals surface area contributed by atoms with Crippen LogP contribution in [0.4, 0.5) is 13.2 Å². The van der Waals surface area contributed by atoms with Crippen LogP contribution in [0.3, 0.4) is 0 Å². The van der Waals surface area contributed by atoms with Crippen LogP contribution in [0.25, 0.3) is 0 Å². The summed E-state index contributed by atoms with van der Waals surface area (Å²) >= 11 is 0. The summed E-state index contributed by atoms with van der Waals surface area (Å²) in [6.45, 7) is 3.55. The number of hydrogen-bond acceptors (Lipinski definition) is 6. The number of nitrogens with two attached hydrogens (primary N) is 2. The van der Waals surface area contributed by atoms with Crippen LogP contribution < -0.4 is 11.6 Å². The average molecular weight is 403 g/mol. The molecule has 0 saturated heterocycles. The molecule has 0 aliphatic heterocycles. The third-order valence-electron chi connectivity index (χ3n) is 4.27. The van der Waals surface area contributed by atoms with Crippen molar-refractivity contribution in [3.63, 3.8) is 0 Å². The first kappa shape index (κ1) is 23.8. The minimum absolute atomic E-state index is 0.00251. The fourth-order valence-corrected chi connectivity index (χ4v) is 2.79. The molecule has 28 heavy (non-hydrogen) atoms. The molecule has 1 atom stereocenters. The highest BCUT2D eigenvalue weighted by Crippen LogP contribution is 2.35. The van der Waals surface area contributed by atoms with Crippen molar-refractivity contribution in [2.75, 3.05) is 13.2 Å². The van der Waals surface area contributed by atoms with Crippen molar-refractivity contribution >= 4 is 5.97 Å². The van der Waals surface area contributed by atoms with Gasteiger partial charge in [0.15, 0.2) is 0 Å². The van der Waals surface area contributed by atoms with E-state index in [-0.39, 0.29) is 18.6 Å². The third kappa shape index (κ3) is 7.40. The molecule has 0 fully saturated rings. The second kappa shape index (κ2) is 10.9. The van der Waals surface area contributed by atoms with E-state index in [1.54, 1.807) is 13.1 Å². The monoisotopic (exact) mass is 403 g/mol. The summed E-state index contributed by atoms with van der Waals surface area (Å²) < 4.78 is 44.2. The van der Waals surface area contributed by atoms with Gasteiger partial charge in [-0.3, -0.25) is 4.79 Å². The van der Waals surface area contributed by atoms with Crippen LogP contribution in [0, 0.1) is 0 Å². The third-order valence-corrected chi connectivity index (χ3v) is 4.27. The van der Waals surface area contributed by atoms with Crippen LogP contribution in [0.15, 0.2) is 30.1 Å². The molecule has 5 N–H and O–H groups in total. The fourth-order valence-electron chi connectivity index (χ4n) is 2.79. The number of alkyl halides is 3. The SMILES string of the molecule is CCOC(=O)CC(CC/C(N)=C/N(N)CC)c1ccc(C(F)(F)F)c(CO)c1. The van der Waals surface area contributed by atoms with Crippen molar-refractivity contribution in [2.45, 2.75) is 51.8 Å². The first-order valence-electron chi connectivity index (χ1n) is 9.06. The second-order valence-electron chi connectivity index (χ2n) is 6.35. The highest BCUT2D eigenvalue weighted by molar-refractivity contribution is 5.70. The number of esters is 1. The summed E-state index contributed by atoms with van der Waals surface area (Å²) in [5.41, 5.74) is 5.81. The maximum Gasteiger partial charge on any atom is 0.416 e. The van der Waals surface area contributed by atoms with E-state index in [4.69, 9.17) is 16.3 Å². The Balaban J connectivity index is 3.10. The summed E-state index contributed by atoms with van der Waals surface area (Å²) in [5.74, 6) is 4.82. The Kier molecular flexibility index (Phi) is 9.27. The normalized spacial score (nSPS) is 13.3. The Labute approximate surface area is 162 Å². The summed E-state index contributed by atoms with van der Waals surface area (Å²) in [6.07, 6.45) is -2.18. The average Bonchev–Trinajstić information content (AvgIpc) is 2.63. The van der Waals surface area contributed by atoms with Gasteiger partial charge in [0, 0.05) is 18.4 Å². The number of rotatable bonds is 10. The fraction of sp³-hybridized carbons (Fsp3) is 0.526. The van der Waals surface area contributed by atoms with Gasteiger partial charge in [-0.1, -0.05) is 12.1 Å². The molecule has 0 spiro atoms. The molecule has 0 aromatic heterocycles. The molecule has 0 saturated carbocycles. The van der Waals surface area contributed by atoms with Crippen LogP contribution in [-0.4, -0.2) is 29.2 Å². The Morgan fingerprint density at radius 1 is 1.36 bits per heavy atom. The van der Waals surface area contributed by atoms with Gasteiger partial charge in [-0.25, -0.2) is 5.84 Å². The maximum absolute atomic E-state index is 13.1.